The molecule has 4 rings (SSSR count). The van der Waals surface area contributed by atoms with Crippen molar-refractivity contribution in [3.05, 3.63) is 89.5 Å². The van der Waals surface area contributed by atoms with Crippen LogP contribution in [0.15, 0.2) is 66.7 Å². The fourth-order valence-electron chi connectivity index (χ4n) is 3.03. The first-order valence-electron chi connectivity index (χ1n) is 8.88. The number of nitrogens with one attached hydrogen (secondary N) is 1. The van der Waals surface area contributed by atoms with Crippen molar-refractivity contribution < 1.29 is 23.1 Å². The summed E-state index contributed by atoms with van der Waals surface area (Å²) in [7, 11) is 0. The summed E-state index contributed by atoms with van der Waals surface area (Å²) < 4.78 is 31.6. The molecule has 0 bridgehead atoms. The summed E-state index contributed by atoms with van der Waals surface area (Å²) in [6.45, 7) is 0.139. The summed E-state index contributed by atoms with van der Waals surface area (Å²) in [6, 6.07) is 16.1. The van der Waals surface area contributed by atoms with Crippen LogP contribution in [0.3, 0.4) is 0 Å². The molecule has 3 aromatic rings. The van der Waals surface area contributed by atoms with E-state index in [-0.39, 0.29) is 30.8 Å². The number of anilines is 2. The van der Waals surface area contributed by atoms with Crippen LogP contribution in [-0.2, 0) is 11.3 Å². The molecule has 0 saturated heterocycles. The number of carbonyl (C=O) groups is 2. The Morgan fingerprint density at radius 3 is 2.31 bits per heavy atom. The lowest BCUT2D eigenvalue weighted by Crippen LogP contribution is -2.38. The van der Waals surface area contributed by atoms with Gasteiger partial charge in [0.05, 0.1) is 12.2 Å². The van der Waals surface area contributed by atoms with E-state index in [4.69, 9.17) is 4.74 Å². The zero-order chi connectivity index (χ0) is 20.4. The van der Waals surface area contributed by atoms with Crippen molar-refractivity contribution >= 4 is 23.2 Å². The number of nitrogens with zero attached hydrogens (tertiary/aromatic N) is 1. The van der Waals surface area contributed by atoms with Crippen LogP contribution in [-0.4, -0.2) is 18.4 Å². The number of hydrogen-bond donors (Lipinski definition) is 1. The first kappa shape index (κ1) is 18.6. The Labute approximate surface area is 165 Å². The molecule has 0 unspecified atom stereocenters. The van der Waals surface area contributed by atoms with Crippen LogP contribution >= 0.6 is 0 Å². The third-order valence-corrected chi connectivity index (χ3v) is 4.52. The number of benzene rings is 3. The van der Waals surface area contributed by atoms with Crippen molar-refractivity contribution in [3.63, 3.8) is 0 Å². The SMILES string of the molecule is O=C(Nc1ccc2c(c1)OCC(=O)N2Cc1ccc(F)cc1)c1ccc(F)cc1. The predicted molar refractivity (Wildman–Crippen MR) is 104 cm³/mol. The van der Waals surface area contributed by atoms with Crippen LogP contribution in [0.4, 0.5) is 20.2 Å². The van der Waals surface area contributed by atoms with Crippen molar-refractivity contribution in [2.45, 2.75) is 6.54 Å². The molecule has 1 heterocycles. The Kier molecular flexibility index (Phi) is 4.95. The highest BCUT2D eigenvalue weighted by molar-refractivity contribution is 6.05. The van der Waals surface area contributed by atoms with Crippen LogP contribution in [0.5, 0.6) is 5.75 Å². The highest BCUT2D eigenvalue weighted by atomic mass is 19.1. The maximum atomic E-state index is 13.1. The number of hydrogen-bond acceptors (Lipinski definition) is 3. The van der Waals surface area contributed by atoms with Gasteiger partial charge in [-0.05, 0) is 54.1 Å². The monoisotopic (exact) mass is 394 g/mol. The van der Waals surface area contributed by atoms with Gasteiger partial charge in [-0.15, -0.1) is 0 Å². The molecule has 0 aliphatic carbocycles. The largest absolute Gasteiger partial charge is 0.481 e. The van der Waals surface area contributed by atoms with Crippen molar-refractivity contribution in [2.24, 2.45) is 0 Å². The molecule has 1 aliphatic heterocycles. The van der Waals surface area contributed by atoms with Gasteiger partial charge in [-0.25, -0.2) is 8.78 Å². The minimum atomic E-state index is -0.422. The Bertz CT molecular complexity index is 1070. The molecule has 0 spiro atoms. The third-order valence-electron chi connectivity index (χ3n) is 4.52. The van der Waals surface area contributed by atoms with Gasteiger partial charge in [0.15, 0.2) is 6.61 Å². The minimum Gasteiger partial charge on any atom is -0.481 e. The molecule has 5 nitrogen and oxygen atoms in total. The summed E-state index contributed by atoms with van der Waals surface area (Å²) in [5.41, 5.74) is 2.14. The second-order valence-electron chi connectivity index (χ2n) is 6.54. The quantitative estimate of drug-likeness (QED) is 0.724. The average Bonchev–Trinajstić information content (AvgIpc) is 2.72. The molecule has 3 aromatic carbocycles. The van der Waals surface area contributed by atoms with Crippen LogP contribution in [0.1, 0.15) is 15.9 Å². The summed E-state index contributed by atoms with van der Waals surface area (Å²) >= 11 is 0. The normalized spacial score (nSPS) is 12.9. The fourth-order valence-corrected chi connectivity index (χ4v) is 3.03. The van der Waals surface area contributed by atoms with E-state index in [1.54, 1.807) is 35.2 Å². The molecular formula is C22H16F2N2O3. The minimum absolute atomic E-state index is 0.135. The van der Waals surface area contributed by atoms with Crippen LogP contribution in [0.25, 0.3) is 0 Å². The molecule has 0 aromatic heterocycles. The molecular weight excluding hydrogens is 378 g/mol. The summed E-state index contributed by atoms with van der Waals surface area (Å²) in [6.07, 6.45) is 0. The van der Waals surface area contributed by atoms with Gasteiger partial charge in [-0.3, -0.25) is 9.59 Å². The molecule has 1 aliphatic rings. The van der Waals surface area contributed by atoms with Gasteiger partial charge in [-0.2, -0.15) is 0 Å². The summed E-state index contributed by atoms with van der Waals surface area (Å²) in [5, 5.41) is 2.72. The van der Waals surface area contributed by atoms with Gasteiger partial charge in [-0.1, -0.05) is 12.1 Å². The lowest BCUT2D eigenvalue weighted by atomic mass is 10.1. The van der Waals surface area contributed by atoms with Gasteiger partial charge in [0.2, 0.25) is 0 Å². The Morgan fingerprint density at radius 1 is 0.966 bits per heavy atom. The maximum absolute atomic E-state index is 13.1. The standard InChI is InChI=1S/C22H16F2N2O3/c23-16-5-1-14(2-6-16)12-26-19-10-9-18(11-20(19)29-13-21(26)27)25-22(28)15-3-7-17(24)8-4-15/h1-11H,12-13H2,(H,25,28). The number of rotatable bonds is 4. The van der Waals surface area contributed by atoms with Crippen molar-refractivity contribution in [1.82, 2.24) is 0 Å². The molecule has 1 N–H and O–H groups in total. The molecule has 0 fully saturated rings. The third kappa shape index (κ3) is 4.08. The van der Waals surface area contributed by atoms with E-state index in [1.165, 1.54) is 36.4 Å². The average molecular weight is 394 g/mol. The lowest BCUT2D eigenvalue weighted by molar-refractivity contribution is -0.121. The zero-order valence-corrected chi connectivity index (χ0v) is 15.2. The van der Waals surface area contributed by atoms with E-state index < -0.39 is 5.82 Å². The Morgan fingerprint density at radius 2 is 1.62 bits per heavy atom. The zero-order valence-electron chi connectivity index (χ0n) is 15.2. The van der Waals surface area contributed by atoms with Gasteiger partial charge < -0.3 is 15.0 Å². The van der Waals surface area contributed by atoms with Gasteiger partial charge in [0, 0.05) is 17.3 Å². The molecule has 2 amide bonds. The van der Waals surface area contributed by atoms with E-state index in [2.05, 4.69) is 5.32 Å². The first-order valence-corrected chi connectivity index (χ1v) is 8.88. The lowest BCUT2D eigenvalue weighted by Gasteiger charge is -2.29. The van der Waals surface area contributed by atoms with Crippen molar-refractivity contribution in [2.75, 3.05) is 16.8 Å². The second kappa shape index (κ2) is 7.71. The molecule has 0 radical (unpaired) electrons. The molecule has 7 heteroatoms. The van der Waals surface area contributed by atoms with Crippen molar-refractivity contribution in [3.8, 4) is 5.75 Å². The van der Waals surface area contributed by atoms with Crippen LogP contribution in [0, 0.1) is 11.6 Å². The topological polar surface area (TPSA) is 58.6 Å². The Balaban J connectivity index is 1.54. The summed E-state index contributed by atoms with van der Waals surface area (Å²) in [4.78, 5) is 26.2. The van der Waals surface area contributed by atoms with Crippen molar-refractivity contribution in [1.29, 1.82) is 0 Å². The number of halogens is 2. The fraction of sp³-hybridized carbons (Fsp3) is 0.0909. The van der Waals surface area contributed by atoms with E-state index in [0.717, 1.165) is 5.56 Å². The second-order valence-corrected chi connectivity index (χ2v) is 6.54. The highest BCUT2D eigenvalue weighted by Crippen LogP contribution is 2.35. The van der Waals surface area contributed by atoms with E-state index in [9.17, 15) is 18.4 Å². The number of amides is 2. The van der Waals surface area contributed by atoms with Gasteiger partial charge in [0.1, 0.15) is 17.4 Å². The number of ether oxygens (including phenoxy) is 1. The molecule has 0 saturated carbocycles. The van der Waals surface area contributed by atoms with E-state index in [1.807, 2.05) is 0 Å². The highest BCUT2D eigenvalue weighted by Gasteiger charge is 2.26. The molecule has 29 heavy (non-hydrogen) atoms. The van der Waals surface area contributed by atoms with E-state index >= 15 is 0 Å². The predicted octanol–water partition coefficient (Wildman–Crippen LogP) is 4.14. The molecule has 0 atom stereocenters. The van der Waals surface area contributed by atoms with E-state index in [0.29, 0.717) is 22.7 Å². The summed E-state index contributed by atoms with van der Waals surface area (Å²) in [5.74, 6) is -0.924. The van der Waals surface area contributed by atoms with Crippen LogP contribution < -0.4 is 15.0 Å². The number of carbonyl (C=O) groups excluding carboxylic acids is 2. The number of fused-ring (bicyclic) bond motifs is 1. The van der Waals surface area contributed by atoms with Gasteiger partial charge >= 0.3 is 0 Å². The van der Waals surface area contributed by atoms with Gasteiger partial charge in [0.25, 0.3) is 11.8 Å². The first-order chi connectivity index (χ1) is 14.0. The maximum Gasteiger partial charge on any atom is 0.265 e. The smallest absolute Gasteiger partial charge is 0.265 e. The Hall–Kier alpha value is -3.74. The van der Waals surface area contributed by atoms with Crippen LogP contribution in [0.2, 0.25) is 0 Å². The molecule has 146 valence electrons.